The lowest BCUT2D eigenvalue weighted by Gasteiger charge is -2.37. The van der Waals surface area contributed by atoms with Crippen LogP contribution in [0.25, 0.3) is 0 Å². The molecular formula is C25H25N5O4S. The Labute approximate surface area is 206 Å². The zero-order valence-corrected chi connectivity index (χ0v) is 20.1. The Bertz CT molecular complexity index is 1220. The van der Waals surface area contributed by atoms with Gasteiger partial charge in [-0.25, -0.2) is 4.98 Å². The van der Waals surface area contributed by atoms with Gasteiger partial charge in [-0.1, -0.05) is 23.8 Å². The van der Waals surface area contributed by atoms with E-state index in [4.69, 9.17) is 0 Å². The number of hydrogen-bond acceptors (Lipinski definition) is 7. The van der Waals surface area contributed by atoms with Crippen molar-refractivity contribution < 1.29 is 14.5 Å². The van der Waals surface area contributed by atoms with Gasteiger partial charge in [0.1, 0.15) is 12.0 Å². The summed E-state index contributed by atoms with van der Waals surface area (Å²) < 4.78 is 0. The van der Waals surface area contributed by atoms with Crippen LogP contribution >= 0.6 is 11.3 Å². The van der Waals surface area contributed by atoms with E-state index in [-0.39, 0.29) is 30.0 Å². The van der Waals surface area contributed by atoms with Gasteiger partial charge in [0.15, 0.2) is 0 Å². The van der Waals surface area contributed by atoms with Crippen LogP contribution in [0.1, 0.15) is 22.9 Å². The zero-order chi connectivity index (χ0) is 24.5. The number of benzene rings is 1. The summed E-state index contributed by atoms with van der Waals surface area (Å²) in [5.41, 5.74) is 1.87. The number of hydrogen-bond donors (Lipinski definition) is 0. The molecule has 2 atom stereocenters. The fourth-order valence-electron chi connectivity index (χ4n) is 4.81. The highest BCUT2D eigenvalue weighted by Gasteiger charge is 2.47. The van der Waals surface area contributed by atoms with Gasteiger partial charge in [0.05, 0.1) is 16.9 Å². The average Bonchev–Trinajstić information content (AvgIpc) is 3.52. The number of aryl methyl sites for hydroxylation is 1. The number of aromatic nitrogens is 1. The minimum absolute atomic E-state index is 0.0114. The van der Waals surface area contributed by atoms with Crippen LogP contribution in [0.15, 0.2) is 60.1 Å². The number of piperazine rings is 1. The summed E-state index contributed by atoms with van der Waals surface area (Å²) >= 11 is 1.56. The molecule has 0 aliphatic carbocycles. The first-order valence-electron chi connectivity index (χ1n) is 11.5. The van der Waals surface area contributed by atoms with Gasteiger partial charge in [0, 0.05) is 49.2 Å². The van der Waals surface area contributed by atoms with Crippen molar-refractivity contribution in [3.8, 4) is 0 Å². The first-order valence-corrected chi connectivity index (χ1v) is 12.4. The van der Waals surface area contributed by atoms with Crippen LogP contribution in [-0.2, 0) is 9.59 Å². The second-order valence-corrected chi connectivity index (χ2v) is 9.79. The largest absolute Gasteiger partial charge is 0.353 e. The Morgan fingerprint density at radius 3 is 2.43 bits per heavy atom. The third-order valence-corrected chi connectivity index (χ3v) is 7.59. The van der Waals surface area contributed by atoms with Gasteiger partial charge in [0.25, 0.3) is 5.69 Å². The molecule has 10 heteroatoms. The van der Waals surface area contributed by atoms with Crippen molar-refractivity contribution >= 4 is 40.3 Å². The molecule has 0 N–H and O–H groups in total. The van der Waals surface area contributed by atoms with Gasteiger partial charge in [-0.2, -0.15) is 0 Å². The van der Waals surface area contributed by atoms with E-state index < -0.39 is 10.8 Å². The molecule has 0 bridgehead atoms. The monoisotopic (exact) mass is 491 g/mol. The molecule has 0 saturated carbocycles. The molecule has 2 amide bonds. The minimum Gasteiger partial charge on any atom is -0.353 e. The second-order valence-electron chi connectivity index (χ2n) is 8.81. The zero-order valence-electron chi connectivity index (χ0n) is 19.2. The van der Waals surface area contributed by atoms with Gasteiger partial charge in [-0.05, 0) is 36.6 Å². The van der Waals surface area contributed by atoms with Crippen LogP contribution in [0.3, 0.4) is 0 Å². The molecule has 0 spiro atoms. The average molecular weight is 492 g/mol. The van der Waals surface area contributed by atoms with E-state index in [0.29, 0.717) is 32.0 Å². The molecule has 4 heterocycles. The van der Waals surface area contributed by atoms with Crippen LogP contribution in [0.4, 0.5) is 17.2 Å². The van der Waals surface area contributed by atoms with Crippen LogP contribution in [0.5, 0.6) is 0 Å². The molecule has 35 heavy (non-hydrogen) atoms. The van der Waals surface area contributed by atoms with Gasteiger partial charge < -0.3 is 14.7 Å². The summed E-state index contributed by atoms with van der Waals surface area (Å²) in [5.74, 6) is 0.147. The summed E-state index contributed by atoms with van der Waals surface area (Å²) in [6.07, 6.45) is 1.43. The highest BCUT2D eigenvalue weighted by Crippen LogP contribution is 2.43. The Hall–Kier alpha value is -3.79. The number of carbonyl (C=O) groups is 2. The summed E-state index contributed by atoms with van der Waals surface area (Å²) in [7, 11) is 0. The first kappa shape index (κ1) is 23.0. The molecule has 9 nitrogen and oxygen atoms in total. The lowest BCUT2D eigenvalue weighted by molar-refractivity contribution is -0.385. The standard InChI is InChI=1S/C25H25N5O4S/c1-17-4-6-18(7-5-17)29-23(31)15-20(24(29)21-3-2-14-35-21)25(32)28-12-10-27(11-13-28)22-9-8-19(16-26-22)30(33)34/h2-9,14,16,20,24H,10-13,15H2,1H3. The minimum atomic E-state index is -0.472. The van der Waals surface area contributed by atoms with Gasteiger partial charge in [-0.3, -0.25) is 19.7 Å². The summed E-state index contributed by atoms with van der Waals surface area (Å²) in [6.45, 7) is 4.16. The normalized spacial score (nSPS) is 20.4. The fraction of sp³-hybridized carbons (Fsp3) is 0.320. The molecule has 2 aromatic heterocycles. The number of nitro groups is 1. The predicted octanol–water partition coefficient (Wildman–Crippen LogP) is 3.80. The maximum atomic E-state index is 13.7. The molecule has 2 fully saturated rings. The highest BCUT2D eigenvalue weighted by atomic mass is 32.1. The first-order chi connectivity index (χ1) is 16.9. The van der Waals surface area contributed by atoms with E-state index in [1.165, 1.54) is 12.3 Å². The number of nitrogens with zero attached hydrogens (tertiary/aromatic N) is 5. The van der Waals surface area contributed by atoms with Gasteiger partial charge >= 0.3 is 0 Å². The lowest BCUT2D eigenvalue weighted by Crippen LogP contribution is -2.51. The number of thiophene rings is 1. The van der Waals surface area contributed by atoms with Crippen molar-refractivity contribution in [2.45, 2.75) is 19.4 Å². The third kappa shape index (κ3) is 4.49. The quantitative estimate of drug-likeness (QED) is 0.398. The Balaban J connectivity index is 1.32. The molecule has 5 rings (SSSR count). The van der Waals surface area contributed by atoms with Crippen LogP contribution in [-0.4, -0.2) is 52.8 Å². The summed E-state index contributed by atoms with van der Waals surface area (Å²) in [4.78, 5) is 48.1. The molecular weight excluding hydrogens is 466 g/mol. The number of rotatable bonds is 5. The van der Waals surface area contributed by atoms with Crippen LogP contribution in [0, 0.1) is 23.0 Å². The molecule has 2 aliphatic heterocycles. The highest BCUT2D eigenvalue weighted by molar-refractivity contribution is 7.10. The van der Waals surface area contributed by atoms with E-state index in [1.807, 2.05) is 58.5 Å². The molecule has 3 aromatic rings. The van der Waals surface area contributed by atoms with E-state index >= 15 is 0 Å². The Morgan fingerprint density at radius 2 is 1.83 bits per heavy atom. The SMILES string of the molecule is Cc1ccc(N2C(=O)CC(C(=O)N3CCN(c4ccc([N+](=O)[O-])cn4)CC3)C2c2cccs2)cc1. The number of amides is 2. The Kier molecular flexibility index (Phi) is 6.21. The number of carbonyl (C=O) groups excluding carboxylic acids is 2. The second kappa shape index (κ2) is 9.46. The summed E-state index contributed by atoms with van der Waals surface area (Å²) in [5, 5.41) is 12.9. The maximum Gasteiger partial charge on any atom is 0.287 e. The number of pyridine rings is 1. The smallest absolute Gasteiger partial charge is 0.287 e. The molecule has 180 valence electrons. The topological polar surface area (TPSA) is 99.9 Å². The van der Waals surface area contributed by atoms with Crippen molar-refractivity contribution in [3.63, 3.8) is 0 Å². The molecule has 1 aromatic carbocycles. The maximum absolute atomic E-state index is 13.7. The van der Waals surface area contributed by atoms with Crippen molar-refractivity contribution in [2.24, 2.45) is 5.92 Å². The van der Waals surface area contributed by atoms with E-state index in [9.17, 15) is 19.7 Å². The fourth-order valence-corrected chi connectivity index (χ4v) is 5.69. The van der Waals surface area contributed by atoms with Gasteiger partial charge in [-0.15, -0.1) is 11.3 Å². The van der Waals surface area contributed by atoms with E-state index in [2.05, 4.69) is 4.98 Å². The molecule has 0 radical (unpaired) electrons. The Morgan fingerprint density at radius 1 is 1.09 bits per heavy atom. The van der Waals surface area contributed by atoms with E-state index in [0.717, 1.165) is 16.1 Å². The van der Waals surface area contributed by atoms with Crippen molar-refractivity contribution in [1.29, 1.82) is 0 Å². The van der Waals surface area contributed by atoms with Gasteiger partial charge in [0.2, 0.25) is 11.8 Å². The van der Waals surface area contributed by atoms with Crippen LogP contribution in [0.2, 0.25) is 0 Å². The summed E-state index contributed by atoms with van der Waals surface area (Å²) in [6, 6.07) is 14.5. The van der Waals surface area contributed by atoms with Crippen molar-refractivity contribution in [3.05, 3.63) is 80.7 Å². The van der Waals surface area contributed by atoms with Crippen molar-refractivity contribution in [1.82, 2.24) is 9.88 Å². The number of anilines is 2. The molecule has 2 saturated heterocycles. The predicted molar refractivity (Wildman–Crippen MR) is 134 cm³/mol. The molecule has 2 aliphatic rings. The third-order valence-electron chi connectivity index (χ3n) is 6.64. The molecule has 2 unspecified atom stereocenters. The van der Waals surface area contributed by atoms with E-state index in [1.54, 1.807) is 22.3 Å². The van der Waals surface area contributed by atoms with Crippen molar-refractivity contribution in [2.75, 3.05) is 36.0 Å². The van der Waals surface area contributed by atoms with Crippen LogP contribution < -0.4 is 9.80 Å². The lowest BCUT2D eigenvalue weighted by atomic mass is 9.96.